The van der Waals surface area contributed by atoms with Crippen LogP contribution in [0.4, 0.5) is 0 Å². The summed E-state index contributed by atoms with van der Waals surface area (Å²) in [6.45, 7) is 21.0. The van der Waals surface area contributed by atoms with Crippen molar-refractivity contribution in [3.8, 4) is 0 Å². The molecule has 0 aromatic rings. The summed E-state index contributed by atoms with van der Waals surface area (Å²) in [5.41, 5.74) is 2.82. The number of hydrogen-bond acceptors (Lipinski definition) is 2. The zero-order valence-corrected chi connectivity index (χ0v) is 16.4. The minimum atomic E-state index is -0.446. The molecule has 1 aliphatic carbocycles. The Kier molecular flexibility index (Phi) is 21.5. The molecular weight excluding hydrogens is 284 g/mol. The van der Waals surface area contributed by atoms with Crippen molar-refractivity contribution in [3.05, 3.63) is 48.1 Å². The minimum Gasteiger partial charge on any atom is -0.388 e. The molecule has 2 nitrogen and oxygen atoms in total. The number of aliphatic hydroxyl groups is 1. The summed E-state index contributed by atoms with van der Waals surface area (Å²) in [7, 11) is 0. The van der Waals surface area contributed by atoms with Crippen LogP contribution < -0.4 is 0 Å². The van der Waals surface area contributed by atoms with Gasteiger partial charge in [0.1, 0.15) is 5.78 Å². The van der Waals surface area contributed by atoms with Crippen LogP contribution in [0.3, 0.4) is 0 Å². The van der Waals surface area contributed by atoms with Crippen molar-refractivity contribution in [1.82, 2.24) is 0 Å². The second-order valence-electron chi connectivity index (χ2n) is 4.39. The molecule has 1 rings (SSSR count). The van der Waals surface area contributed by atoms with Gasteiger partial charge in [-0.2, -0.15) is 0 Å². The number of carbonyl (C=O) groups is 1. The van der Waals surface area contributed by atoms with Crippen LogP contribution in [0.1, 0.15) is 74.1 Å². The van der Waals surface area contributed by atoms with Gasteiger partial charge in [0.25, 0.3) is 0 Å². The summed E-state index contributed by atoms with van der Waals surface area (Å²) in [5, 5.41) is 9.98. The van der Waals surface area contributed by atoms with Crippen LogP contribution in [0.25, 0.3) is 0 Å². The molecule has 23 heavy (non-hydrogen) atoms. The first-order valence-corrected chi connectivity index (χ1v) is 8.94. The van der Waals surface area contributed by atoms with E-state index in [0.717, 1.165) is 36.0 Å². The second kappa shape index (κ2) is 18.6. The van der Waals surface area contributed by atoms with Crippen LogP contribution >= 0.6 is 0 Å². The van der Waals surface area contributed by atoms with Gasteiger partial charge in [-0.3, -0.25) is 4.79 Å². The highest BCUT2D eigenvalue weighted by Crippen LogP contribution is 2.28. The quantitative estimate of drug-likeness (QED) is 0.613. The highest BCUT2D eigenvalue weighted by molar-refractivity contribution is 5.79. The van der Waals surface area contributed by atoms with E-state index < -0.39 is 6.10 Å². The van der Waals surface area contributed by atoms with Crippen molar-refractivity contribution in [2.24, 2.45) is 0 Å². The molecule has 0 saturated heterocycles. The standard InChI is InChI=1S/C15H20O2.3C2H6/c1-4-12(9-11(3)16)10-14-13(5-2)7-6-8-15(14)17;3*1-2/h4-5,10,15,17H,1-2,6-9H2,3H3;3*1-2H3/b12-10+;;;. The average molecular weight is 323 g/mol. The number of hydrogen-bond donors (Lipinski definition) is 1. The van der Waals surface area contributed by atoms with E-state index in [2.05, 4.69) is 13.2 Å². The van der Waals surface area contributed by atoms with E-state index in [0.29, 0.717) is 6.42 Å². The second-order valence-corrected chi connectivity index (χ2v) is 4.39. The predicted octanol–water partition coefficient (Wildman–Crippen LogP) is 6.18. The summed E-state index contributed by atoms with van der Waals surface area (Å²) in [6.07, 6.45) is 7.97. The summed E-state index contributed by atoms with van der Waals surface area (Å²) < 4.78 is 0. The molecule has 0 aromatic carbocycles. The molecule has 1 unspecified atom stereocenters. The van der Waals surface area contributed by atoms with Crippen LogP contribution in [0.5, 0.6) is 0 Å². The molecule has 1 aliphatic rings. The van der Waals surface area contributed by atoms with Gasteiger partial charge in [-0.05, 0) is 42.9 Å². The van der Waals surface area contributed by atoms with Crippen molar-refractivity contribution in [1.29, 1.82) is 0 Å². The Bertz CT molecular complexity index is 387. The number of carbonyl (C=O) groups excluding carboxylic acids is 1. The van der Waals surface area contributed by atoms with Crippen LogP contribution in [-0.2, 0) is 4.79 Å². The highest BCUT2D eigenvalue weighted by Gasteiger charge is 2.18. The number of Topliss-reactive ketones (excluding diaryl/α,β-unsaturated/α-hetero) is 1. The van der Waals surface area contributed by atoms with Crippen LogP contribution in [-0.4, -0.2) is 17.0 Å². The van der Waals surface area contributed by atoms with E-state index in [4.69, 9.17) is 0 Å². The molecule has 0 heterocycles. The number of aliphatic hydroxyl groups excluding tert-OH is 1. The number of allylic oxidation sites excluding steroid dienone is 4. The van der Waals surface area contributed by atoms with Gasteiger partial charge >= 0.3 is 0 Å². The van der Waals surface area contributed by atoms with Gasteiger partial charge in [0.15, 0.2) is 0 Å². The van der Waals surface area contributed by atoms with E-state index in [-0.39, 0.29) is 5.78 Å². The molecule has 1 atom stereocenters. The fraction of sp³-hybridized carbons (Fsp3) is 0.571. The van der Waals surface area contributed by atoms with Crippen LogP contribution in [0.2, 0.25) is 0 Å². The third-order valence-electron chi connectivity index (χ3n) is 2.96. The third-order valence-corrected chi connectivity index (χ3v) is 2.96. The molecule has 2 heteroatoms. The Balaban J connectivity index is -0.000000595. The van der Waals surface area contributed by atoms with Gasteiger partial charge in [-0.15, -0.1) is 0 Å². The first-order valence-electron chi connectivity index (χ1n) is 8.94. The monoisotopic (exact) mass is 322 g/mol. The zero-order valence-electron chi connectivity index (χ0n) is 16.4. The molecule has 0 amide bonds. The van der Waals surface area contributed by atoms with Gasteiger partial charge in [0.2, 0.25) is 0 Å². The minimum absolute atomic E-state index is 0.0993. The van der Waals surface area contributed by atoms with Crippen LogP contribution in [0, 0.1) is 0 Å². The molecule has 0 saturated carbocycles. The fourth-order valence-corrected chi connectivity index (χ4v) is 2.08. The molecule has 0 spiro atoms. The Morgan fingerprint density at radius 2 is 1.70 bits per heavy atom. The highest BCUT2D eigenvalue weighted by atomic mass is 16.3. The Hall–Kier alpha value is -1.41. The molecule has 0 radical (unpaired) electrons. The summed E-state index contributed by atoms with van der Waals surface area (Å²) >= 11 is 0. The Morgan fingerprint density at radius 1 is 1.17 bits per heavy atom. The predicted molar refractivity (Wildman–Crippen MR) is 105 cm³/mol. The Morgan fingerprint density at radius 3 is 2.09 bits per heavy atom. The first kappa shape index (κ1) is 26.5. The van der Waals surface area contributed by atoms with Crippen molar-refractivity contribution in [3.63, 3.8) is 0 Å². The van der Waals surface area contributed by atoms with E-state index in [1.807, 2.05) is 47.6 Å². The molecule has 134 valence electrons. The largest absolute Gasteiger partial charge is 0.388 e. The first-order chi connectivity index (χ1) is 11.1. The van der Waals surface area contributed by atoms with Gasteiger partial charge in [-0.25, -0.2) is 0 Å². The van der Waals surface area contributed by atoms with Crippen molar-refractivity contribution in [2.45, 2.75) is 80.3 Å². The lowest BCUT2D eigenvalue weighted by Gasteiger charge is -2.22. The van der Waals surface area contributed by atoms with E-state index in [9.17, 15) is 9.90 Å². The van der Waals surface area contributed by atoms with Gasteiger partial charge in [0.05, 0.1) is 6.10 Å². The number of rotatable bonds is 5. The smallest absolute Gasteiger partial charge is 0.134 e. The maximum absolute atomic E-state index is 11.1. The topological polar surface area (TPSA) is 37.3 Å². The van der Waals surface area contributed by atoms with E-state index in [1.54, 1.807) is 19.1 Å². The SMILES string of the molecule is C=CC1=C(/C=C(\C=C)CC(C)=O)C(O)CCC1.CC.CC.CC. The van der Waals surface area contributed by atoms with Gasteiger partial charge < -0.3 is 5.11 Å². The van der Waals surface area contributed by atoms with Gasteiger partial charge in [0, 0.05) is 6.42 Å². The Labute approximate surface area is 144 Å². The molecule has 0 aromatic heterocycles. The number of ketones is 1. The lowest BCUT2D eigenvalue weighted by molar-refractivity contribution is -0.116. The summed E-state index contributed by atoms with van der Waals surface area (Å²) in [6, 6.07) is 0. The molecule has 0 aliphatic heterocycles. The lowest BCUT2D eigenvalue weighted by atomic mass is 9.87. The van der Waals surface area contributed by atoms with E-state index in [1.165, 1.54) is 0 Å². The lowest BCUT2D eigenvalue weighted by Crippen LogP contribution is -2.15. The van der Waals surface area contributed by atoms with Crippen molar-refractivity contribution >= 4 is 5.78 Å². The van der Waals surface area contributed by atoms with Crippen molar-refractivity contribution < 1.29 is 9.90 Å². The zero-order chi connectivity index (χ0) is 18.8. The normalized spacial score (nSPS) is 16.5. The van der Waals surface area contributed by atoms with E-state index >= 15 is 0 Å². The molecular formula is C21H38O2. The van der Waals surface area contributed by atoms with Gasteiger partial charge in [-0.1, -0.05) is 72.9 Å². The summed E-state index contributed by atoms with van der Waals surface area (Å²) in [4.78, 5) is 11.1. The molecule has 1 N–H and O–H groups in total. The molecule has 0 bridgehead atoms. The molecule has 0 fully saturated rings. The van der Waals surface area contributed by atoms with Crippen molar-refractivity contribution in [2.75, 3.05) is 0 Å². The van der Waals surface area contributed by atoms with Crippen LogP contribution in [0.15, 0.2) is 48.1 Å². The maximum Gasteiger partial charge on any atom is 0.134 e. The maximum atomic E-state index is 11.1. The fourth-order valence-electron chi connectivity index (χ4n) is 2.08. The average Bonchev–Trinajstić information content (AvgIpc) is 2.60. The summed E-state index contributed by atoms with van der Waals surface area (Å²) in [5.74, 6) is 0.0993. The third kappa shape index (κ3) is 11.8.